The molecule has 98 valence electrons. The first-order valence-electron chi connectivity index (χ1n) is 6.29. The highest BCUT2D eigenvalue weighted by Crippen LogP contribution is 2.44. The molecule has 2 aromatic carbocycles. The second kappa shape index (κ2) is 4.43. The summed E-state index contributed by atoms with van der Waals surface area (Å²) < 4.78 is 1.10. The minimum atomic E-state index is 0.288. The monoisotopic (exact) mass is 343 g/mol. The van der Waals surface area contributed by atoms with Gasteiger partial charge in [-0.05, 0) is 29.8 Å². The Labute approximate surface area is 128 Å². The van der Waals surface area contributed by atoms with E-state index < -0.39 is 0 Å². The Kier molecular flexibility index (Phi) is 2.69. The number of fused-ring (bicyclic) bond motifs is 3. The second-order valence-corrected chi connectivity index (χ2v) is 6.79. The number of nitrogens with zero attached hydrogens (tertiary/aromatic N) is 1. The number of benzene rings is 2. The lowest BCUT2D eigenvalue weighted by Crippen LogP contribution is -1.82. The zero-order valence-corrected chi connectivity index (χ0v) is 12.8. The van der Waals surface area contributed by atoms with Gasteiger partial charge in [-0.2, -0.15) is 0 Å². The predicted octanol–water partition coefficient (Wildman–Crippen LogP) is 4.85. The van der Waals surface area contributed by atoms with Crippen molar-refractivity contribution in [3.05, 3.63) is 57.4 Å². The Morgan fingerprint density at radius 2 is 1.95 bits per heavy atom. The van der Waals surface area contributed by atoms with Gasteiger partial charge < -0.3 is 5.11 Å². The summed E-state index contributed by atoms with van der Waals surface area (Å²) in [4.78, 5) is 6.01. The van der Waals surface area contributed by atoms with E-state index in [1.807, 2.05) is 24.3 Å². The van der Waals surface area contributed by atoms with Crippen LogP contribution in [0.5, 0.6) is 5.75 Å². The fraction of sp³-hybridized carbons (Fsp3) is 0.0625. The summed E-state index contributed by atoms with van der Waals surface area (Å²) in [6.45, 7) is 0. The first-order valence-corrected chi connectivity index (χ1v) is 7.90. The van der Waals surface area contributed by atoms with Crippen LogP contribution in [-0.2, 0) is 6.42 Å². The molecule has 1 N–H and O–H groups in total. The number of phenolic OH excluding ortho intramolecular Hbond substituents is 1. The molecule has 0 saturated carbocycles. The minimum absolute atomic E-state index is 0.288. The number of hydrogen-bond donors (Lipinski definition) is 1. The summed E-state index contributed by atoms with van der Waals surface area (Å²) in [5.74, 6) is 0.288. The summed E-state index contributed by atoms with van der Waals surface area (Å²) in [7, 11) is 0. The van der Waals surface area contributed by atoms with Crippen molar-refractivity contribution in [1.82, 2.24) is 4.98 Å². The first kappa shape index (κ1) is 12.1. The van der Waals surface area contributed by atoms with Gasteiger partial charge in [-0.1, -0.05) is 34.1 Å². The molecule has 0 aliphatic heterocycles. The number of para-hydroxylation sites is 1. The maximum absolute atomic E-state index is 9.95. The summed E-state index contributed by atoms with van der Waals surface area (Å²) in [5.41, 5.74) is 4.40. The molecule has 1 aliphatic rings. The number of thiazole rings is 1. The zero-order valence-electron chi connectivity index (χ0n) is 10.4. The predicted molar refractivity (Wildman–Crippen MR) is 85.2 cm³/mol. The van der Waals surface area contributed by atoms with Gasteiger partial charge in [-0.3, -0.25) is 0 Å². The lowest BCUT2D eigenvalue weighted by molar-refractivity contribution is 0.477. The zero-order chi connectivity index (χ0) is 13.7. The van der Waals surface area contributed by atoms with Crippen LogP contribution in [0, 0.1) is 0 Å². The van der Waals surface area contributed by atoms with Crippen LogP contribution in [0.4, 0.5) is 0 Å². The molecule has 0 radical (unpaired) electrons. The topological polar surface area (TPSA) is 33.1 Å². The largest absolute Gasteiger partial charge is 0.507 e. The van der Waals surface area contributed by atoms with Crippen LogP contribution in [0.15, 0.2) is 46.9 Å². The molecular formula is C16H10BrNOS. The average molecular weight is 344 g/mol. The van der Waals surface area contributed by atoms with Crippen molar-refractivity contribution in [2.24, 2.45) is 0 Å². The van der Waals surface area contributed by atoms with E-state index in [9.17, 15) is 5.11 Å². The van der Waals surface area contributed by atoms with E-state index in [1.54, 1.807) is 17.4 Å². The van der Waals surface area contributed by atoms with Crippen LogP contribution in [0.1, 0.15) is 10.4 Å². The molecule has 20 heavy (non-hydrogen) atoms. The fourth-order valence-corrected chi connectivity index (χ4v) is 4.11. The van der Waals surface area contributed by atoms with Crippen LogP contribution in [-0.4, -0.2) is 10.1 Å². The molecule has 0 unspecified atom stereocenters. The maximum Gasteiger partial charge on any atom is 0.128 e. The Balaban J connectivity index is 1.85. The summed E-state index contributed by atoms with van der Waals surface area (Å²) in [5, 5.41) is 10.8. The van der Waals surface area contributed by atoms with Crippen LogP contribution < -0.4 is 0 Å². The Morgan fingerprint density at radius 1 is 1.10 bits per heavy atom. The van der Waals surface area contributed by atoms with Gasteiger partial charge in [0, 0.05) is 21.3 Å². The van der Waals surface area contributed by atoms with Crippen molar-refractivity contribution in [1.29, 1.82) is 0 Å². The van der Waals surface area contributed by atoms with E-state index in [4.69, 9.17) is 4.98 Å². The lowest BCUT2D eigenvalue weighted by atomic mass is 10.1. The smallest absolute Gasteiger partial charge is 0.128 e. The van der Waals surface area contributed by atoms with Gasteiger partial charge in [0.05, 0.1) is 11.3 Å². The Morgan fingerprint density at radius 3 is 2.80 bits per heavy atom. The number of rotatable bonds is 1. The van der Waals surface area contributed by atoms with Gasteiger partial charge in [0.1, 0.15) is 10.8 Å². The fourth-order valence-electron chi connectivity index (χ4n) is 2.56. The van der Waals surface area contributed by atoms with Gasteiger partial charge in [0.2, 0.25) is 0 Å². The maximum atomic E-state index is 9.95. The van der Waals surface area contributed by atoms with Crippen LogP contribution in [0.3, 0.4) is 0 Å². The lowest BCUT2D eigenvalue weighted by Gasteiger charge is -2.02. The third-order valence-electron chi connectivity index (χ3n) is 3.51. The molecule has 4 heteroatoms. The van der Waals surface area contributed by atoms with Crippen molar-refractivity contribution in [2.45, 2.75) is 6.42 Å². The van der Waals surface area contributed by atoms with Gasteiger partial charge in [-0.25, -0.2) is 4.98 Å². The van der Waals surface area contributed by atoms with E-state index >= 15 is 0 Å². The number of phenols is 1. The molecule has 0 bridgehead atoms. The van der Waals surface area contributed by atoms with Gasteiger partial charge in [0.25, 0.3) is 0 Å². The molecule has 0 spiro atoms. The van der Waals surface area contributed by atoms with Gasteiger partial charge in [0.15, 0.2) is 0 Å². The summed E-state index contributed by atoms with van der Waals surface area (Å²) >= 11 is 5.17. The second-order valence-electron chi connectivity index (χ2n) is 4.79. The highest BCUT2D eigenvalue weighted by molar-refractivity contribution is 9.10. The van der Waals surface area contributed by atoms with Crippen LogP contribution in [0.2, 0.25) is 0 Å². The van der Waals surface area contributed by atoms with Gasteiger partial charge in [-0.15, -0.1) is 11.3 Å². The van der Waals surface area contributed by atoms with E-state index in [2.05, 4.69) is 28.1 Å². The molecule has 0 atom stereocenters. The number of aromatic hydroxyl groups is 1. The molecule has 1 aromatic heterocycles. The molecule has 1 heterocycles. The molecule has 0 fully saturated rings. The van der Waals surface area contributed by atoms with E-state index in [1.165, 1.54) is 16.0 Å². The van der Waals surface area contributed by atoms with Gasteiger partial charge >= 0.3 is 0 Å². The molecule has 2 nitrogen and oxygen atoms in total. The quantitative estimate of drug-likeness (QED) is 0.535. The van der Waals surface area contributed by atoms with Crippen LogP contribution >= 0.6 is 27.3 Å². The third kappa shape index (κ3) is 1.79. The third-order valence-corrected chi connectivity index (χ3v) is 5.09. The molecule has 3 aromatic rings. The SMILES string of the molecule is Oc1ccccc1-c1nc2c(s1)Cc1cc(Br)ccc1-2. The average Bonchev–Trinajstić information content (AvgIpc) is 2.96. The number of hydrogen-bond acceptors (Lipinski definition) is 3. The van der Waals surface area contributed by atoms with Crippen molar-refractivity contribution in [3.8, 4) is 27.6 Å². The van der Waals surface area contributed by atoms with E-state index in [-0.39, 0.29) is 5.75 Å². The highest BCUT2D eigenvalue weighted by Gasteiger charge is 2.24. The molecule has 1 aliphatic carbocycles. The van der Waals surface area contributed by atoms with Crippen molar-refractivity contribution >= 4 is 27.3 Å². The normalized spacial score (nSPS) is 12.2. The molecule has 0 amide bonds. The van der Waals surface area contributed by atoms with Crippen molar-refractivity contribution < 1.29 is 5.11 Å². The Hall–Kier alpha value is -1.65. The molecular weight excluding hydrogens is 334 g/mol. The summed E-state index contributed by atoms with van der Waals surface area (Å²) in [6, 6.07) is 13.7. The number of halogens is 1. The van der Waals surface area contributed by atoms with E-state index in [0.29, 0.717) is 0 Å². The highest BCUT2D eigenvalue weighted by atomic mass is 79.9. The van der Waals surface area contributed by atoms with E-state index in [0.717, 1.165) is 27.2 Å². The Bertz CT molecular complexity index is 825. The summed E-state index contributed by atoms with van der Waals surface area (Å²) in [6.07, 6.45) is 0.926. The molecule has 4 rings (SSSR count). The van der Waals surface area contributed by atoms with Crippen LogP contribution in [0.25, 0.3) is 21.8 Å². The number of aromatic nitrogens is 1. The van der Waals surface area contributed by atoms with Crippen molar-refractivity contribution in [2.75, 3.05) is 0 Å². The minimum Gasteiger partial charge on any atom is -0.507 e. The standard InChI is InChI=1S/C16H10BrNOS/c17-10-5-6-11-9(7-10)8-14-15(11)18-16(20-14)12-3-1-2-4-13(12)19/h1-7,19H,8H2. The molecule has 0 saturated heterocycles. The van der Waals surface area contributed by atoms with Crippen molar-refractivity contribution in [3.63, 3.8) is 0 Å². The first-order chi connectivity index (χ1) is 9.72.